The molecule has 2 nitrogen and oxygen atoms in total. The van der Waals surface area contributed by atoms with Crippen molar-refractivity contribution in [3.05, 3.63) is 0 Å². The Labute approximate surface area is 94.8 Å². The van der Waals surface area contributed by atoms with Crippen LogP contribution < -0.4 is 0 Å². The molecule has 1 unspecified atom stereocenters. The summed E-state index contributed by atoms with van der Waals surface area (Å²) in [5.74, 6) is 0.426. The van der Waals surface area contributed by atoms with Gasteiger partial charge in [0.25, 0.3) is 0 Å². The first-order valence-corrected chi connectivity index (χ1v) is 6.48. The SMILES string of the molecule is CCCCCCCCCCC(C)C=NO. The Bertz CT molecular complexity index is 145. The maximum atomic E-state index is 8.33. The van der Waals surface area contributed by atoms with Gasteiger partial charge < -0.3 is 5.21 Å². The van der Waals surface area contributed by atoms with E-state index >= 15 is 0 Å². The second kappa shape index (κ2) is 11.5. The fourth-order valence-electron chi connectivity index (χ4n) is 1.79. The summed E-state index contributed by atoms with van der Waals surface area (Å²) in [6.07, 6.45) is 13.7. The van der Waals surface area contributed by atoms with E-state index in [0.29, 0.717) is 5.92 Å². The Morgan fingerprint density at radius 2 is 1.53 bits per heavy atom. The van der Waals surface area contributed by atoms with E-state index in [1.807, 2.05) is 0 Å². The second-order valence-corrected chi connectivity index (χ2v) is 4.51. The molecule has 0 saturated heterocycles. The van der Waals surface area contributed by atoms with Crippen molar-refractivity contribution < 1.29 is 5.21 Å². The highest BCUT2D eigenvalue weighted by atomic mass is 16.4. The number of rotatable bonds is 10. The maximum absolute atomic E-state index is 8.33. The van der Waals surface area contributed by atoms with Gasteiger partial charge in [0.05, 0.1) is 0 Å². The minimum Gasteiger partial charge on any atom is -0.411 e. The second-order valence-electron chi connectivity index (χ2n) is 4.51. The standard InChI is InChI=1S/C13H27NO/c1-3-4-5-6-7-8-9-10-11-13(2)12-14-15/h12-13,15H,3-11H2,1-2H3. The summed E-state index contributed by atoms with van der Waals surface area (Å²) < 4.78 is 0. The molecule has 0 bridgehead atoms. The summed E-state index contributed by atoms with van der Waals surface area (Å²) in [5.41, 5.74) is 0. The lowest BCUT2D eigenvalue weighted by Crippen LogP contribution is -1.95. The van der Waals surface area contributed by atoms with Crippen LogP contribution in [-0.4, -0.2) is 11.4 Å². The van der Waals surface area contributed by atoms with Crippen molar-refractivity contribution >= 4 is 6.21 Å². The van der Waals surface area contributed by atoms with Crippen molar-refractivity contribution in [2.45, 2.75) is 71.6 Å². The third-order valence-electron chi connectivity index (χ3n) is 2.83. The van der Waals surface area contributed by atoms with Gasteiger partial charge in [-0.05, 0) is 12.3 Å². The monoisotopic (exact) mass is 213 g/mol. The molecule has 1 N–H and O–H groups in total. The van der Waals surface area contributed by atoms with Crippen molar-refractivity contribution in [3.8, 4) is 0 Å². The van der Waals surface area contributed by atoms with Gasteiger partial charge in [0, 0.05) is 6.21 Å². The van der Waals surface area contributed by atoms with Crippen molar-refractivity contribution in [3.63, 3.8) is 0 Å². The lowest BCUT2D eigenvalue weighted by Gasteiger charge is -2.04. The lowest BCUT2D eigenvalue weighted by molar-refractivity contribution is 0.318. The summed E-state index contributed by atoms with van der Waals surface area (Å²) in [5, 5.41) is 11.4. The van der Waals surface area contributed by atoms with Crippen LogP contribution in [0.15, 0.2) is 5.16 Å². The molecular formula is C13H27NO. The van der Waals surface area contributed by atoms with E-state index in [0.717, 1.165) is 6.42 Å². The van der Waals surface area contributed by atoms with Crippen LogP contribution in [0.3, 0.4) is 0 Å². The highest BCUT2D eigenvalue weighted by Gasteiger charge is 1.97. The van der Waals surface area contributed by atoms with Crippen LogP contribution in [0.2, 0.25) is 0 Å². The van der Waals surface area contributed by atoms with Gasteiger partial charge >= 0.3 is 0 Å². The molecule has 0 aliphatic heterocycles. The Hall–Kier alpha value is -0.530. The first-order chi connectivity index (χ1) is 7.31. The summed E-state index contributed by atoms with van der Waals surface area (Å²) in [6.45, 7) is 4.35. The average Bonchev–Trinajstić information content (AvgIpc) is 2.22. The van der Waals surface area contributed by atoms with Gasteiger partial charge in [-0.3, -0.25) is 0 Å². The molecule has 0 rings (SSSR count). The van der Waals surface area contributed by atoms with Crippen LogP contribution in [0.4, 0.5) is 0 Å². The minimum atomic E-state index is 0.426. The van der Waals surface area contributed by atoms with Gasteiger partial charge in [-0.2, -0.15) is 0 Å². The van der Waals surface area contributed by atoms with Gasteiger partial charge in [-0.15, -0.1) is 5.16 Å². The average molecular weight is 213 g/mol. The molecule has 0 spiro atoms. The van der Waals surface area contributed by atoms with E-state index in [1.165, 1.54) is 51.4 Å². The van der Waals surface area contributed by atoms with Crippen molar-refractivity contribution in [1.82, 2.24) is 0 Å². The van der Waals surface area contributed by atoms with E-state index in [-0.39, 0.29) is 0 Å². The van der Waals surface area contributed by atoms with Gasteiger partial charge in [0.1, 0.15) is 0 Å². The summed E-state index contributed by atoms with van der Waals surface area (Å²) in [6, 6.07) is 0. The largest absolute Gasteiger partial charge is 0.411 e. The van der Waals surface area contributed by atoms with Crippen LogP contribution in [-0.2, 0) is 0 Å². The third-order valence-corrected chi connectivity index (χ3v) is 2.83. The first kappa shape index (κ1) is 14.5. The zero-order chi connectivity index (χ0) is 11.4. The molecule has 0 aromatic carbocycles. The normalized spacial score (nSPS) is 13.5. The number of hydrogen-bond acceptors (Lipinski definition) is 2. The topological polar surface area (TPSA) is 32.6 Å². The molecule has 0 fully saturated rings. The summed E-state index contributed by atoms with van der Waals surface area (Å²) >= 11 is 0. The molecule has 0 amide bonds. The molecule has 2 heteroatoms. The van der Waals surface area contributed by atoms with Gasteiger partial charge in [-0.25, -0.2) is 0 Å². The van der Waals surface area contributed by atoms with Gasteiger partial charge in [0.15, 0.2) is 0 Å². The number of oxime groups is 1. The molecule has 0 aromatic heterocycles. The molecule has 0 heterocycles. The van der Waals surface area contributed by atoms with Gasteiger partial charge in [-0.1, -0.05) is 65.2 Å². The first-order valence-electron chi connectivity index (χ1n) is 6.48. The molecule has 15 heavy (non-hydrogen) atoms. The van der Waals surface area contributed by atoms with Crippen molar-refractivity contribution in [2.75, 3.05) is 0 Å². The zero-order valence-corrected chi connectivity index (χ0v) is 10.4. The molecule has 0 aromatic rings. The van der Waals surface area contributed by atoms with Crippen LogP contribution in [0.1, 0.15) is 71.6 Å². The van der Waals surface area contributed by atoms with E-state index in [1.54, 1.807) is 6.21 Å². The fraction of sp³-hybridized carbons (Fsp3) is 0.923. The minimum absolute atomic E-state index is 0.426. The molecule has 1 atom stereocenters. The fourth-order valence-corrected chi connectivity index (χ4v) is 1.79. The maximum Gasteiger partial charge on any atom is 0.0464 e. The lowest BCUT2D eigenvalue weighted by atomic mass is 10.0. The van der Waals surface area contributed by atoms with Crippen LogP contribution >= 0.6 is 0 Å². The Balaban J connectivity index is 3.04. The number of hydrogen-bond donors (Lipinski definition) is 1. The number of nitrogens with zero attached hydrogens (tertiary/aromatic N) is 1. The van der Waals surface area contributed by atoms with Crippen LogP contribution in [0.5, 0.6) is 0 Å². The quantitative estimate of drug-likeness (QED) is 0.244. The predicted molar refractivity (Wildman–Crippen MR) is 66.7 cm³/mol. The van der Waals surface area contributed by atoms with E-state index < -0.39 is 0 Å². The molecular weight excluding hydrogens is 186 g/mol. The predicted octanol–water partition coefficient (Wildman–Crippen LogP) is 4.61. The zero-order valence-electron chi connectivity index (χ0n) is 10.4. The van der Waals surface area contributed by atoms with E-state index in [2.05, 4.69) is 19.0 Å². The van der Waals surface area contributed by atoms with Crippen LogP contribution in [0, 0.1) is 5.92 Å². The Kier molecular flexibility index (Phi) is 11.1. The van der Waals surface area contributed by atoms with Crippen molar-refractivity contribution in [1.29, 1.82) is 0 Å². The number of unbranched alkanes of at least 4 members (excludes halogenated alkanes) is 7. The van der Waals surface area contributed by atoms with E-state index in [4.69, 9.17) is 5.21 Å². The summed E-state index contributed by atoms with van der Waals surface area (Å²) in [7, 11) is 0. The van der Waals surface area contributed by atoms with Crippen LogP contribution in [0.25, 0.3) is 0 Å². The Morgan fingerprint density at radius 1 is 1.00 bits per heavy atom. The van der Waals surface area contributed by atoms with E-state index in [9.17, 15) is 0 Å². The molecule has 0 saturated carbocycles. The van der Waals surface area contributed by atoms with Gasteiger partial charge in [0.2, 0.25) is 0 Å². The molecule has 0 aliphatic carbocycles. The third kappa shape index (κ3) is 11.4. The smallest absolute Gasteiger partial charge is 0.0464 e. The molecule has 0 aliphatic rings. The molecule has 90 valence electrons. The summed E-state index contributed by atoms with van der Waals surface area (Å²) in [4.78, 5) is 0. The highest BCUT2D eigenvalue weighted by molar-refractivity contribution is 5.58. The highest BCUT2D eigenvalue weighted by Crippen LogP contribution is 2.11. The molecule has 0 radical (unpaired) electrons. The van der Waals surface area contributed by atoms with Crippen molar-refractivity contribution in [2.24, 2.45) is 11.1 Å². The Morgan fingerprint density at radius 3 is 2.07 bits per heavy atom.